The van der Waals surface area contributed by atoms with Crippen LogP contribution in [0.4, 0.5) is 5.69 Å². The second kappa shape index (κ2) is 7.82. The molecule has 1 amide bonds. The summed E-state index contributed by atoms with van der Waals surface area (Å²) in [6.07, 6.45) is 4.63. The SMILES string of the molecule is Cc1ccc(C)c(N(CC(=O)NC2CC3CCC2C3)S(=O)(=O)c2ccccc2)c1. The minimum absolute atomic E-state index is 0.182. The number of rotatable bonds is 6. The molecule has 1 N–H and O–H groups in total. The number of sulfonamides is 1. The zero-order valence-electron chi connectivity index (χ0n) is 17.0. The van der Waals surface area contributed by atoms with Gasteiger partial charge in [-0.25, -0.2) is 8.42 Å². The van der Waals surface area contributed by atoms with Gasteiger partial charge in [-0.05, 0) is 74.3 Å². The van der Waals surface area contributed by atoms with Crippen molar-refractivity contribution in [2.75, 3.05) is 10.8 Å². The molecule has 2 aromatic carbocycles. The molecule has 2 fully saturated rings. The first-order valence-electron chi connectivity index (χ1n) is 10.3. The Bertz CT molecular complexity index is 1000. The fraction of sp³-hybridized carbons (Fsp3) is 0.435. The molecule has 2 bridgehead atoms. The molecule has 0 radical (unpaired) electrons. The van der Waals surface area contributed by atoms with Gasteiger partial charge in [0.15, 0.2) is 0 Å². The lowest BCUT2D eigenvalue weighted by Gasteiger charge is -2.28. The number of nitrogens with one attached hydrogen (secondary N) is 1. The van der Waals surface area contributed by atoms with E-state index in [-0.39, 0.29) is 23.4 Å². The summed E-state index contributed by atoms with van der Waals surface area (Å²) < 4.78 is 28.1. The predicted octanol–water partition coefficient (Wildman–Crippen LogP) is 3.80. The topological polar surface area (TPSA) is 66.5 Å². The molecule has 0 spiro atoms. The molecular weight excluding hydrogens is 384 g/mol. The van der Waals surface area contributed by atoms with Gasteiger partial charge >= 0.3 is 0 Å². The van der Waals surface area contributed by atoms with Crippen molar-refractivity contribution in [3.05, 3.63) is 59.7 Å². The number of hydrogen-bond acceptors (Lipinski definition) is 3. The van der Waals surface area contributed by atoms with Crippen LogP contribution in [0.15, 0.2) is 53.4 Å². The third kappa shape index (κ3) is 4.04. The lowest BCUT2D eigenvalue weighted by molar-refractivity contribution is -0.120. The third-order valence-electron chi connectivity index (χ3n) is 6.34. The van der Waals surface area contributed by atoms with Gasteiger partial charge in [0.1, 0.15) is 6.54 Å². The zero-order chi connectivity index (χ0) is 20.6. The normalized spacial score (nSPS) is 23.2. The molecule has 3 unspecified atom stereocenters. The molecule has 0 saturated heterocycles. The molecule has 154 valence electrons. The zero-order valence-corrected chi connectivity index (χ0v) is 17.8. The molecule has 0 aliphatic heterocycles. The third-order valence-corrected chi connectivity index (χ3v) is 8.11. The summed E-state index contributed by atoms with van der Waals surface area (Å²) in [5, 5.41) is 3.12. The summed E-state index contributed by atoms with van der Waals surface area (Å²) in [5.41, 5.74) is 2.33. The van der Waals surface area contributed by atoms with E-state index < -0.39 is 10.0 Å². The van der Waals surface area contributed by atoms with Crippen LogP contribution in [0, 0.1) is 25.7 Å². The van der Waals surface area contributed by atoms with Crippen LogP contribution < -0.4 is 9.62 Å². The Hall–Kier alpha value is -2.34. The second-order valence-corrected chi connectivity index (χ2v) is 10.3. The van der Waals surface area contributed by atoms with E-state index >= 15 is 0 Å². The van der Waals surface area contributed by atoms with Crippen molar-refractivity contribution in [1.82, 2.24) is 5.32 Å². The van der Waals surface area contributed by atoms with E-state index in [4.69, 9.17) is 0 Å². The number of carbonyl (C=O) groups is 1. The van der Waals surface area contributed by atoms with Crippen LogP contribution in [0.1, 0.15) is 36.8 Å². The molecule has 3 atom stereocenters. The number of anilines is 1. The molecule has 4 rings (SSSR count). The first-order valence-corrected chi connectivity index (χ1v) is 11.7. The highest BCUT2D eigenvalue weighted by Gasteiger charge is 2.40. The van der Waals surface area contributed by atoms with Crippen molar-refractivity contribution in [1.29, 1.82) is 0 Å². The number of hydrogen-bond donors (Lipinski definition) is 1. The molecular formula is C23H28N2O3S. The Labute approximate surface area is 173 Å². The van der Waals surface area contributed by atoms with Crippen LogP contribution in [0.2, 0.25) is 0 Å². The highest BCUT2D eigenvalue weighted by molar-refractivity contribution is 7.92. The van der Waals surface area contributed by atoms with Crippen molar-refractivity contribution < 1.29 is 13.2 Å². The Morgan fingerprint density at radius 3 is 2.48 bits per heavy atom. The number of aryl methyl sites for hydroxylation is 2. The number of benzene rings is 2. The minimum atomic E-state index is -3.86. The molecule has 0 heterocycles. The maximum absolute atomic E-state index is 13.4. The van der Waals surface area contributed by atoms with E-state index in [2.05, 4.69) is 5.32 Å². The lowest BCUT2D eigenvalue weighted by atomic mass is 9.95. The van der Waals surface area contributed by atoms with Crippen LogP contribution in [0.25, 0.3) is 0 Å². The number of carbonyl (C=O) groups excluding carboxylic acids is 1. The van der Waals surface area contributed by atoms with Gasteiger partial charge in [0.25, 0.3) is 10.0 Å². The first kappa shape index (κ1) is 20.0. The van der Waals surface area contributed by atoms with Gasteiger partial charge in [-0.3, -0.25) is 9.10 Å². The molecule has 5 nitrogen and oxygen atoms in total. The molecule has 0 aromatic heterocycles. The summed E-state index contributed by atoms with van der Waals surface area (Å²) >= 11 is 0. The van der Waals surface area contributed by atoms with Crippen molar-refractivity contribution in [2.45, 2.75) is 50.5 Å². The average Bonchev–Trinajstić information content (AvgIpc) is 3.32. The van der Waals surface area contributed by atoms with Gasteiger partial charge < -0.3 is 5.32 Å². The Morgan fingerprint density at radius 1 is 1.07 bits per heavy atom. The van der Waals surface area contributed by atoms with Crippen molar-refractivity contribution >= 4 is 21.6 Å². The summed E-state index contributed by atoms with van der Waals surface area (Å²) in [6, 6.07) is 14.2. The van der Waals surface area contributed by atoms with Gasteiger partial charge in [-0.15, -0.1) is 0 Å². The Morgan fingerprint density at radius 2 is 1.83 bits per heavy atom. The molecule has 2 aliphatic carbocycles. The van der Waals surface area contributed by atoms with Gasteiger partial charge in [-0.2, -0.15) is 0 Å². The van der Waals surface area contributed by atoms with E-state index in [1.54, 1.807) is 30.3 Å². The van der Waals surface area contributed by atoms with Crippen molar-refractivity contribution in [3.63, 3.8) is 0 Å². The highest BCUT2D eigenvalue weighted by atomic mass is 32.2. The Balaban J connectivity index is 1.63. The van der Waals surface area contributed by atoms with Crippen molar-refractivity contribution in [2.24, 2.45) is 11.8 Å². The van der Waals surface area contributed by atoms with Crippen molar-refractivity contribution in [3.8, 4) is 0 Å². The standard InChI is InChI=1S/C23H28N2O3S/c1-16-8-9-17(2)22(12-16)25(29(27,28)20-6-4-3-5-7-20)15-23(26)24-21-14-18-10-11-19(21)13-18/h3-9,12,18-19,21H,10-11,13-15H2,1-2H3,(H,24,26). The van der Waals surface area contributed by atoms with Crippen LogP contribution in [-0.2, 0) is 14.8 Å². The smallest absolute Gasteiger partial charge is 0.264 e. The number of nitrogens with zero attached hydrogens (tertiary/aromatic N) is 1. The summed E-state index contributed by atoms with van der Waals surface area (Å²) in [7, 11) is -3.86. The second-order valence-electron chi connectivity index (χ2n) is 8.46. The fourth-order valence-electron chi connectivity index (χ4n) is 4.81. The predicted molar refractivity (Wildman–Crippen MR) is 114 cm³/mol. The number of fused-ring (bicyclic) bond motifs is 2. The van der Waals surface area contributed by atoms with E-state index in [0.29, 0.717) is 17.5 Å². The maximum atomic E-state index is 13.4. The Kier molecular flexibility index (Phi) is 5.38. The fourth-order valence-corrected chi connectivity index (χ4v) is 6.31. The van der Waals surface area contributed by atoms with Gasteiger partial charge in [0.05, 0.1) is 10.6 Å². The average molecular weight is 413 g/mol. The van der Waals surface area contributed by atoms with Crippen LogP contribution in [-0.4, -0.2) is 26.9 Å². The number of amides is 1. The maximum Gasteiger partial charge on any atom is 0.264 e. The van der Waals surface area contributed by atoms with Gasteiger partial charge in [0, 0.05) is 6.04 Å². The molecule has 2 aliphatic rings. The summed E-state index contributed by atoms with van der Waals surface area (Å²) in [5.74, 6) is 1.03. The molecule has 29 heavy (non-hydrogen) atoms. The van der Waals surface area contributed by atoms with Crippen LogP contribution in [0.5, 0.6) is 0 Å². The summed E-state index contributed by atoms with van der Waals surface area (Å²) in [4.78, 5) is 13.1. The summed E-state index contributed by atoms with van der Waals surface area (Å²) in [6.45, 7) is 3.58. The van der Waals surface area contributed by atoms with E-state index in [1.165, 1.54) is 23.6 Å². The monoisotopic (exact) mass is 412 g/mol. The van der Waals surface area contributed by atoms with E-state index in [9.17, 15) is 13.2 Å². The molecule has 2 saturated carbocycles. The minimum Gasteiger partial charge on any atom is -0.352 e. The lowest BCUT2D eigenvalue weighted by Crippen LogP contribution is -2.46. The first-order chi connectivity index (χ1) is 13.8. The van der Waals surface area contributed by atoms with Crippen LogP contribution >= 0.6 is 0 Å². The molecule has 6 heteroatoms. The van der Waals surface area contributed by atoms with Crippen LogP contribution in [0.3, 0.4) is 0 Å². The van der Waals surface area contributed by atoms with Gasteiger partial charge in [0.2, 0.25) is 5.91 Å². The largest absolute Gasteiger partial charge is 0.352 e. The quantitative estimate of drug-likeness (QED) is 0.785. The molecule has 2 aromatic rings. The highest BCUT2D eigenvalue weighted by Crippen LogP contribution is 2.44. The van der Waals surface area contributed by atoms with E-state index in [0.717, 1.165) is 17.5 Å². The van der Waals surface area contributed by atoms with E-state index in [1.807, 2.05) is 32.0 Å². The van der Waals surface area contributed by atoms with Gasteiger partial charge in [-0.1, -0.05) is 36.8 Å².